The molecule has 0 aromatic heterocycles. The lowest BCUT2D eigenvalue weighted by Gasteiger charge is -2.22. The predicted octanol–water partition coefficient (Wildman–Crippen LogP) is -3.57. The molecule has 3 unspecified atom stereocenters. The molecule has 0 rings (SSSR count). The first kappa shape index (κ1) is 26.1. The van der Waals surface area contributed by atoms with Gasteiger partial charge in [-0.05, 0) is 32.2 Å². The van der Waals surface area contributed by atoms with Gasteiger partial charge in [0.25, 0.3) is 0 Å². The zero-order valence-electron chi connectivity index (χ0n) is 16.3. The lowest BCUT2D eigenvalue weighted by Crippen LogP contribution is -2.55. The number of aliphatic imine (C=N–C) groups is 1. The van der Waals surface area contributed by atoms with Gasteiger partial charge in [-0.1, -0.05) is 6.42 Å². The maximum atomic E-state index is 12.5. The van der Waals surface area contributed by atoms with Crippen molar-refractivity contribution in [3.8, 4) is 0 Å². The SMILES string of the molecule is NCCCCC(N)C(=O)NC(CCCN=C(N)N)C(=O)NC(CC(N)=O)C(=O)O. The van der Waals surface area contributed by atoms with Crippen LogP contribution in [0.25, 0.3) is 0 Å². The van der Waals surface area contributed by atoms with Crippen molar-refractivity contribution in [1.82, 2.24) is 10.6 Å². The fourth-order valence-corrected chi connectivity index (χ4v) is 2.36. The number of nitrogens with zero attached hydrogens (tertiary/aromatic N) is 1. The fraction of sp³-hybridized carbons (Fsp3) is 0.688. The number of aliphatic carboxylic acids is 1. The Labute approximate surface area is 168 Å². The smallest absolute Gasteiger partial charge is 0.326 e. The van der Waals surface area contributed by atoms with Crippen molar-refractivity contribution >= 4 is 29.7 Å². The number of hydrogen-bond donors (Lipinski definition) is 8. The van der Waals surface area contributed by atoms with Crippen LogP contribution in [0.2, 0.25) is 0 Å². The highest BCUT2D eigenvalue weighted by Crippen LogP contribution is 2.04. The third-order valence-electron chi connectivity index (χ3n) is 3.90. The van der Waals surface area contributed by atoms with Crippen LogP contribution in [0.4, 0.5) is 0 Å². The Bertz CT molecular complexity index is 594. The Balaban J connectivity index is 5.07. The van der Waals surface area contributed by atoms with Gasteiger partial charge < -0.3 is 44.4 Å². The molecule has 0 aliphatic carbocycles. The number of nitrogens with two attached hydrogens (primary N) is 5. The second-order valence-electron chi connectivity index (χ2n) is 6.47. The highest BCUT2D eigenvalue weighted by atomic mass is 16.4. The van der Waals surface area contributed by atoms with Crippen molar-refractivity contribution in [1.29, 1.82) is 0 Å². The molecule has 0 saturated heterocycles. The van der Waals surface area contributed by atoms with E-state index < -0.39 is 48.2 Å². The average molecular weight is 416 g/mol. The van der Waals surface area contributed by atoms with Crippen molar-refractivity contribution in [2.24, 2.45) is 33.7 Å². The topological polar surface area (TPSA) is 255 Å². The van der Waals surface area contributed by atoms with Gasteiger partial charge in [0.2, 0.25) is 17.7 Å². The summed E-state index contributed by atoms with van der Waals surface area (Å²) in [5.41, 5.74) is 26.7. The molecule has 0 spiro atoms. The number of carbonyl (C=O) groups is 4. The fourth-order valence-electron chi connectivity index (χ4n) is 2.36. The Morgan fingerprint density at radius 3 is 2.03 bits per heavy atom. The minimum absolute atomic E-state index is 0.118. The molecular formula is C16H32N8O5. The third kappa shape index (κ3) is 12.2. The number of hydrogen-bond acceptors (Lipinski definition) is 7. The molecule has 13 nitrogen and oxygen atoms in total. The highest BCUT2D eigenvalue weighted by Gasteiger charge is 2.28. The van der Waals surface area contributed by atoms with Crippen LogP contribution >= 0.6 is 0 Å². The summed E-state index contributed by atoms with van der Waals surface area (Å²) in [5, 5.41) is 13.8. The van der Waals surface area contributed by atoms with Crippen LogP contribution in [0, 0.1) is 0 Å². The number of primary amides is 1. The third-order valence-corrected chi connectivity index (χ3v) is 3.90. The number of carboxylic acid groups (broad SMARTS) is 1. The predicted molar refractivity (Wildman–Crippen MR) is 106 cm³/mol. The van der Waals surface area contributed by atoms with E-state index in [1.165, 1.54) is 0 Å². The van der Waals surface area contributed by atoms with Gasteiger partial charge in [-0.25, -0.2) is 4.79 Å². The monoisotopic (exact) mass is 416 g/mol. The van der Waals surface area contributed by atoms with Crippen LogP contribution in [0.5, 0.6) is 0 Å². The molecule has 0 heterocycles. The molecular weight excluding hydrogens is 384 g/mol. The summed E-state index contributed by atoms with van der Waals surface area (Å²) in [4.78, 5) is 50.8. The number of rotatable bonds is 15. The van der Waals surface area contributed by atoms with E-state index in [2.05, 4.69) is 15.6 Å². The summed E-state index contributed by atoms with van der Waals surface area (Å²) in [7, 11) is 0. The van der Waals surface area contributed by atoms with Crippen LogP contribution in [-0.2, 0) is 19.2 Å². The second-order valence-corrected chi connectivity index (χ2v) is 6.47. The maximum absolute atomic E-state index is 12.5. The molecule has 0 aliphatic rings. The van der Waals surface area contributed by atoms with Gasteiger partial charge >= 0.3 is 5.97 Å². The summed E-state index contributed by atoms with van der Waals surface area (Å²) in [6, 6.07) is -3.46. The molecule has 13 heteroatoms. The number of nitrogens with one attached hydrogen (secondary N) is 2. The Morgan fingerprint density at radius 1 is 0.897 bits per heavy atom. The van der Waals surface area contributed by atoms with Crippen LogP contribution in [-0.4, -0.2) is 66.0 Å². The molecule has 0 bridgehead atoms. The van der Waals surface area contributed by atoms with Crippen molar-refractivity contribution < 1.29 is 24.3 Å². The van der Waals surface area contributed by atoms with Gasteiger partial charge in [0.05, 0.1) is 12.5 Å². The number of unbranched alkanes of at least 4 members (excludes halogenated alkanes) is 1. The largest absolute Gasteiger partial charge is 0.480 e. The van der Waals surface area contributed by atoms with Crippen molar-refractivity contribution in [3.63, 3.8) is 0 Å². The van der Waals surface area contributed by atoms with Gasteiger partial charge in [-0.15, -0.1) is 0 Å². The lowest BCUT2D eigenvalue weighted by molar-refractivity contribution is -0.143. The van der Waals surface area contributed by atoms with Gasteiger partial charge in [0.15, 0.2) is 5.96 Å². The molecule has 29 heavy (non-hydrogen) atoms. The van der Waals surface area contributed by atoms with Gasteiger partial charge in [-0.2, -0.15) is 0 Å². The minimum Gasteiger partial charge on any atom is -0.480 e. The van der Waals surface area contributed by atoms with Crippen LogP contribution < -0.4 is 39.3 Å². The molecule has 0 aromatic rings. The van der Waals surface area contributed by atoms with E-state index in [-0.39, 0.29) is 18.9 Å². The first-order valence-corrected chi connectivity index (χ1v) is 9.21. The maximum Gasteiger partial charge on any atom is 0.326 e. The highest BCUT2D eigenvalue weighted by molar-refractivity contribution is 5.93. The van der Waals surface area contributed by atoms with E-state index in [1.807, 2.05) is 0 Å². The van der Waals surface area contributed by atoms with E-state index in [1.54, 1.807) is 0 Å². The molecule has 0 radical (unpaired) electrons. The lowest BCUT2D eigenvalue weighted by atomic mass is 10.1. The van der Waals surface area contributed by atoms with Crippen molar-refractivity contribution in [2.75, 3.05) is 13.1 Å². The van der Waals surface area contributed by atoms with Gasteiger partial charge in [0, 0.05) is 6.54 Å². The Kier molecular flexibility index (Phi) is 12.7. The molecule has 166 valence electrons. The number of carbonyl (C=O) groups excluding carboxylic acids is 3. The second kappa shape index (κ2) is 14.1. The van der Waals surface area contributed by atoms with E-state index in [4.69, 9.17) is 33.8 Å². The molecule has 0 aromatic carbocycles. The zero-order valence-corrected chi connectivity index (χ0v) is 16.3. The van der Waals surface area contributed by atoms with E-state index >= 15 is 0 Å². The Hall–Kier alpha value is -2.93. The normalized spacial score (nSPS) is 13.6. The summed E-state index contributed by atoms with van der Waals surface area (Å²) in [5.74, 6) is -3.80. The van der Waals surface area contributed by atoms with Crippen molar-refractivity contribution in [3.05, 3.63) is 0 Å². The van der Waals surface area contributed by atoms with Crippen LogP contribution in [0.3, 0.4) is 0 Å². The van der Waals surface area contributed by atoms with Gasteiger partial charge in [-0.3, -0.25) is 19.4 Å². The molecule has 13 N–H and O–H groups in total. The summed E-state index contributed by atoms with van der Waals surface area (Å²) in [6.45, 7) is 0.675. The summed E-state index contributed by atoms with van der Waals surface area (Å²) in [6.07, 6.45) is 1.58. The molecule has 3 amide bonds. The molecule has 0 aliphatic heterocycles. The molecule has 0 saturated carbocycles. The first-order valence-electron chi connectivity index (χ1n) is 9.21. The molecule has 3 atom stereocenters. The van der Waals surface area contributed by atoms with E-state index in [9.17, 15) is 19.2 Å². The van der Waals surface area contributed by atoms with Crippen molar-refractivity contribution in [2.45, 2.75) is 56.7 Å². The van der Waals surface area contributed by atoms with Gasteiger partial charge in [0.1, 0.15) is 12.1 Å². The number of guanidine groups is 1. The minimum atomic E-state index is -1.52. The number of amides is 3. The molecule has 0 fully saturated rings. The zero-order chi connectivity index (χ0) is 22.4. The standard InChI is InChI=1S/C16H32N8O5/c17-6-2-1-4-9(18)13(26)23-10(5-3-7-22-16(20)21)14(27)24-11(15(28)29)8-12(19)25/h9-11H,1-8,17-18H2,(H2,19,25)(H,23,26)(H,24,27)(H,28,29)(H4,20,21,22). The van der Waals surface area contributed by atoms with Crippen LogP contribution in [0.15, 0.2) is 4.99 Å². The van der Waals surface area contributed by atoms with E-state index in [0.29, 0.717) is 32.2 Å². The Morgan fingerprint density at radius 2 is 1.52 bits per heavy atom. The quantitative estimate of drug-likeness (QED) is 0.0744. The number of carboxylic acids is 1. The van der Waals surface area contributed by atoms with E-state index in [0.717, 1.165) is 0 Å². The summed E-state index contributed by atoms with van der Waals surface area (Å²) < 4.78 is 0. The van der Waals surface area contributed by atoms with Crippen LogP contribution in [0.1, 0.15) is 38.5 Å². The average Bonchev–Trinajstić information content (AvgIpc) is 2.62. The first-order chi connectivity index (χ1) is 13.6. The summed E-state index contributed by atoms with van der Waals surface area (Å²) >= 11 is 0.